The molecule has 0 aromatic heterocycles. The number of nitrogens with zero attached hydrogens (tertiary/aromatic N) is 1. The van der Waals surface area contributed by atoms with E-state index < -0.39 is 6.04 Å². The van der Waals surface area contributed by atoms with Crippen LogP contribution in [0, 0.1) is 17.2 Å². The van der Waals surface area contributed by atoms with Crippen LogP contribution < -0.4 is 10.6 Å². The lowest BCUT2D eigenvalue weighted by Gasteiger charge is -2.23. The summed E-state index contributed by atoms with van der Waals surface area (Å²) in [6.45, 7) is 0. The average molecular weight is 414 g/mol. The second-order valence-electron chi connectivity index (χ2n) is 9.20. The smallest absolute Gasteiger partial charge is 0.238 e. The van der Waals surface area contributed by atoms with E-state index in [9.17, 15) is 14.9 Å². The number of carbonyl (C=O) groups is 2. The van der Waals surface area contributed by atoms with E-state index in [1.807, 2.05) is 12.1 Å². The van der Waals surface area contributed by atoms with Gasteiger partial charge >= 0.3 is 0 Å². The molecule has 0 spiro atoms. The van der Waals surface area contributed by atoms with Crippen LogP contribution in [0.5, 0.6) is 0 Å². The average Bonchev–Trinajstić information content (AvgIpc) is 3.42. The largest absolute Gasteiger partial charge is 0.339 e. The third-order valence-electron chi connectivity index (χ3n) is 7.11. The second kappa shape index (κ2) is 8.28. The van der Waals surface area contributed by atoms with Gasteiger partial charge in [0.1, 0.15) is 11.8 Å². The van der Waals surface area contributed by atoms with Gasteiger partial charge in [-0.25, -0.2) is 0 Å². The SMILES string of the molecule is N#C[C@H](Cc1ccc(-c2ccc3c(c2)CCC(=O)C3)cc1)NC(=O)[C@H]1N[C@@H]2CC[C@H]1C2. The molecule has 1 aliphatic heterocycles. The molecule has 0 unspecified atom stereocenters. The molecule has 5 heteroatoms. The molecule has 158 valence electrons. The van der Waals surface area contributed by atoms with E-state index in [0.29, 0.717) is 37.0 Å². The van der Waals surface area contributed by atoms with Crippen LogP contribution in [-0.2, 0) is 28.9 Å². The molecule has 3 aliphatic rings. The van der Waals surface area contributed by atoms with Crippen molar-refractivity contribution >= 4 is 11.7 Å². The molecule has 1 saturated carbocycles. The molecular weight excluding hydrogens is 386 g/mol. The number of ketones is 1. The summed E-state index contributed by atoms with van der Waals surface area (Å²) in [6, 6.07) is 16.6. The van der Waals surface area contributed by atoms with Gasteiger partial charge in [-0.3, -0.25) is 9.59 Å². The van der Waals surface area contributed by atoms with Crippen LogP contribution in [0.25, 0.3) is 11.1 Å². The van der Waals surface area contributed by atoms with Gasteiger partial charge in [0, 0.05) is 25.3 Å². The molecule has 4 atom stereocenters. The van der Waals surface area contributed by atoms with Crippen molar-refractivity contribution in [3.63, 3.8) is 0 Å². The standard InChI is InChI=1S/C26H27N3O2/c27-15-23(29-26(31)25-21-7-9-22(13-21)28-25)11-16-1-3-17(4-2-16)18-5-6-20-14-24(30)10-8-19(20)12-18/h1-6,12,21-23,25,28H,7-11,13-14H2,(H,29,31)/t21-,22+,23-,25-/m0/s1. The lowest BCUT2D eigenvalue weighted by molar-refractivity contribution is -0.124. The third-order valence-corrected chi connectivity index (χ3v) is 7.11. The van der Waals surface area contributed by atoms with E-state index in [4.69, 9.17) is 0 Å². The number of hydrogen-bond acceptors (Lipinski definition) is 4. The summed E-state index contributed by atoms with van der Waals surface area (Å²) >= 11 is 0. The zero-order valence-electron chi connectivity index (χ0n) is 17.6. The van der Waals surface area contributed by atoms with Gasteiger partial charge in [0.2, 0.25) is 5.91 Å². The lowest BCUT2D eigenvalue weighted by Crippen LogP contribution is -2.50. The number of fused-ring (bicyclic) bond motifs is 3. The van der Waals surface area contributed by atoms with Gasteiger partial charge in [-0.15, -0.1) is 0 Å². The van der Waals surface area contributed by atoms with Crippen LogP contribution in [0.1, 0.15) is 42.4 Å². The maximum atomic E-state index is 12.6. The van der Waals surface area contributed by atoms with Gasteiger partial charge in [0.05, 0.1) is 12.1 Å². The molecule has 0 radical (unpaired) electrons. The fourth-order valence-electron chi connectivity index (χ4n) is 5.40. The molecule has 2 N–H and O–H groups in total. The third kappa shape index (κ3) is 4.13. The van der Waals surface area contributed by atoms with Gasteiger partial charge in [-0.05, 0) is 59.4 Å². The van der Waals surface area contributed by atoms with Crippen LogP contribution in [0.4, 0.5) is 0 Å². The number of amides is 1. The van der Waals surface area contributed by atoms with Crippen LogP contribution in [0.15, 0.2) is 42.5 Å². The molecule has 1 heterocycles. The first-order valence-corrected chi connectivity index (χ1v) is 11.3. The van der Waals surface area contributed by atoms with Crippen molar-refractivity contribution < 1.29 is 9.59 Å². The van der Waals surface area contributed by atoms with Gasteiger partial charge in [-0.2, -0.15) is 5.26 Å². The summed E-state index contributed by atoms with van der Waals surface area (Å²) in [5.74, 6) is 0.696. The van der Waals surface area contributed by atoms with Gasteiger partial charge in [0.15, 0.2) is 0 Å². The Bertz CT molecular complexity index is 1050. The minimum atomic E-state index is -0.527. The van der Waals surface area contributed by atoms with Gasteiger partial charge < -0.3 is 10.6 Å². The van der Waals surface area contributed by atoms with Crippen molar-refractivity contribution in [1.82, 2.24) is 10.6 Å². The van der Waals surface area contributed by atoms with Crippen molar-refractivity contribution in [2.45, 2.75) is 63.1 Å². The number of carbonyl (C=O) groups excluding carboxylic acids is 2. The number of piperidine rings is 1. The molecule has 1 saturated heterocycles. The topological polar surface area (TPSA) is 82.0 Å². The fraction of sp³-hybridized carbons (Fsp3) is 0.423. The Balaban J connectivity index is 1.23. The first-order chi connectivity index (χ1) is 15.1. The molecule has 2 bridgehead atoms. The van der Waals surface area contributed by atoms with E-state index in [0.717, 1.165) is 47.9 Å². The van der Waals surface area contributed by atoms with Gasteiger partial charge in [0.25, 0.3) is 0 Å². The molecule has 5 rings (SSSR count). The monoisotopic (exact) mass is 413 g/mol. The predicted octanol–water partition coefficient (Wildman–Crippen LogP) is 3.10. The van der Waals surface area contributed by atoms with Crippen molar-refractivity contribution in [2.75, 3.05) is 0 Å². The minimum absolute atomic E-state index is 0.0390. The normalized spacial score (nSPS) is 25.0. The molecule has 2 aliphatic carbocycles. The molecule has 1 amide bonds. The first kappa shape index (κ1) is 20.0. The Kier molecular flexibility index (Phi) is 5.33. The van der Waals surface area contributed by atoms with E-state index in [1.54, 1.807) is 0 Å². The van der Waals surface area contributed by atoms with Crippen molar-refractivity contribution in [3.8, 4) is 17.2 Å². The summed E-state index contributed by atoms with van der Waals surface area (Å²) in [6.07, 6.45) is 5.84. The fourth-order valence-corrected chi connectivity index (χ4v) is 5.40. The zero-order valence-corrected chi connectivity index (χ0v) is 17.6. The molecule has 2 aromatic rings. The summed E-state index contributed by atoms with van der Waals surface area (Å²) in [7, 11) is 0. The van der Waals surface area contributed by atoms with Crippen LogP contribution in [-0.4, -0.2) is 29.8 Å². The van der Waals surface area contributed by atoms with E-state index in [2.05, 4.69) is 47.0 Å². The molecule has 2 fully saturated rings. The van der Waals surface area contributed by atoms with Crippen molar-refractivity contribution in [3.05, 3.63) is 59.2 Å². The van der Waals surface area contributed by atoms with Crippen LogP contribution >= 0.6 is 0 Å². The van der Waals surface area contributed by atoms with E-state index in [1.165, 1.54) is 5.56 Å². The number of benzene rings is 2. The van der Waals surface area contributed by atoms with E-state index >= 15 is 0 Å². The minimum Gasteiger partial charge on any atom is -0.339 e. The van der Waals surface area contributed by atoms with Crippen LogP contribution in [0.3, 0.4) is 0 Å². The quantitative estimate of drug-likeness (QED) is 0.789. The predicted molar refractivity (Wildman–Crippen MR) is 118 cm³/mol. The number of Topliss-reactive ketones (excluding diaryl/α,β-unsaturated/α-hetero) is 1. The highest BCUT2D eigenvalue weighted by molar-refractivity contribution is 5.84. The highest BCUT2D eigenvalue weighted by Crippen LogP contribution is 2.35. The Morgan fingerprint density at radius 3 is 2.61 bits per heavy atom. The number of nitriles is 1. The van der Waals surface area contributed by atoms with E-state index in [-0.39, 0.29) is 11.9 Å². The molecular formula is C26H27N3O2. The Hall–Kier alpha value is -2.97. The Morgan fingerprint density at radius 1 is 1.10 bits per heavy atom. The van der Waals surface area contributed by atoms with Crippen molar-refractivity contribution in [1.29, 1.82) is 5.26 Å². The number of hydrogen-bond donors (Lipinski definition) is 2. The maximum Gasteiger partial charge on any atom is 0.238 e. The number of nitrogens with one attached hydrogen (secondary N) is 2. The summed E-state index contributed by atoms with van der Waals surface area (Å²) in [5.41, 5.74) is 5.70. The van der Waals surface area contributed by atoms with Gasteiger partial charge in [-0.1, -0.05) is 42.5 Å². The maximum absolute atomic E-state index is 12.6. The first-order valence-electron chi connectivity index (χ1n) is 11.3. The Labute approximate surface area is 182 Å². The lowest BCUT2D eigenvalue weighted by atomic mass is 9.88. The zero-order chi connectivity index (χ0) is 21.4. The Morgan fingerprint density at radius 2 is 1.90 bits per heavy atom. The second-order valence-corrected chi connectivity index (χ2v) is 9.20. The molecule has 2 aromatic carbocycles. The summed E-state index contributed by atoms with van der Waals surface area (Å²) in [5, 5.41) is 15.9. The van der Waals surface area contributed by atoms with Crippen molar-refractivity contribution in [2.24, 2.45) is 5.92 Å². The highest BCUT2D eigenvalue weighted by Gasteiger charge is 2.43. The summed E-state index contributed by atoms with van der Waals surface area (Å²) in [4.78, 5) is 24.3. The molecule has 5 nitrogen and oxygen atoms in total. The molecule has 31 heavy (non-hydrogen) atoms. The highest BCUT2D eigenvalue weighted by atomic mass is 16.2. The number of aryl methyl sites for hydroxylation is 1. The number of rotatable bonds is 5. The van der Waals surface area contributed by atoms with Crippen LogP contribution in [0.2, 0.25) is 0 Å². The summed E-state index contributed by atoms with van der Waals surface area (Å²) < 4.78 is 0.